The third-order valence-corrected chi connectivity index (χ3v) is 2.14. The quantitative estimate of drug-likeness (QED) is 0.524. The summed E-state index contributed by atoms with van der Waals surface area (Å²) >= 11 is 0. The average molecular weight is 99.2 g/mol. The van der Waals surface area contributed by atoms with Crippen LogP contribution in [-0.2, 0) is 0 Å². The lowest BCUT2D eigenvalue weighted by Crippen LogP contribution is -2.25. The smallest absolute Gasteiger partial charge is 0.00643 e. The molecular weight excluding hydrogens is 86.1 g/mol. The molecule has 1 nitrogen and oxygen atoms in total. The topological polar surface area (TPSA) is 26.0 Å². The maximum absolute atomic E-state index is 5.63. The van der Waals surface area contributed by atoms with Gasteiger partial charge in [-0.3, -0.25) is 0 Å². The fourth-order valence-electron chi connectivity index (χ4n) is 0.653. The first-order valence-corrected chi connectivity index (χ1v) is 2.91. The molecule has 0 aliphatic heterocycles. The molecule has 0 spiro atoms. The Kier molecular flexibility index (Phi) is 0.890. The summed E-state index contributed by atoms with van der Waals surface area (Å²) in [7, 11) is 0. The molecule has 1 rings (SSSR count). The second kappa shape index (κ2) is 1.22. The van der Waals surface area contributed by atoms with Gasteiger partial charge in [0.25, 0.3) is 0 Å². The SMILES string of the molecule is C[C@H](N)C1(C)CC1. The van der Waals surface area contributed by atoms with Gasteiger partial charge in [-0.25, -0.2) is 0 Å². The van der Waals surface area contributed by atoms with Crippen LogP contribution in [0.3, 0.4) is 0 Å². The lowest BCUT2D eigenvalue weighted by atomic mass is 10.0. The third kappa shape index (κ3) is 0.778. The lowest BCUT2D eigenvalue weighted by molar-refractivity contribution is 0.465. The Labute approximate surface area is 44.9 Å². The van der Waals surface area contributed by atoms with Crippen LogP contribution in [0, 0.1) is 5.41 Å². The molecule has 0 bridgehead atoms. The summed E-state index contributed by atoms with van der Waals surface area (Å²) in [5.74, 6) is 0. The van der Waals surface area contributed by atoms with Crippen molar-refractivity contribution in [3.05, 3.63) is 0 Å². The molecule has 0 aromatic heterocycles. The minimum absolute atomic E-state index is 0.410. The molecule has 1 heteroatoms. The van der Waals surface area contributed by atoms with Gasteiger partial charge in [0.15, 0.2) is 0 Å². The van der Waals surface area contributed by atoms with E-state index in [1.807, 2.05) is 0 Å². The molecule has 0 unspecified atom stereocenters. The van der Waals surface area contributed by atoms with Gasteiger partial charge in [-0.2, -0.15) is 0 Å². The fourth-order valence-corrected chi connectivity index (χ4v) is 0.653. The molecule has 1 fully saturated rings. The Morgan fingerprint density at radius 2 is 2.00 bits per heavy atom. The molecule has 7 heavy (non-hydrogen) atoms. The number of rotatable bonds is 1. The zero-order valence-electron chi connectivity index (χ0n) is 5.07. The van der Waals surface area contributed by atoms with E-state index in [-0.39, 0.29) is 0 Å². The summed E-state index contributed by atoms with van der Waals surface area (Å²) in [5, 5.41) is 0. The molecule has 0 aromatic carbocycles. The summed E-state index contributed by atoms with van der Waals surface area (Å²) in [6.45, 7) is 4.34. The van der Waals surface area contributed by atoms with E-state index in [9.17, 15) is 0 Å². The monoisotopic (exact) mass is 99.1 g/mol. The Bertz CT molecular complexity index is 72.2. The molecule has 0 heterocycles. The van der Waals surface area contributed by atoms with E-state index in [1.54, 1.807) is 0 Å². The van der Waals surface area contributed by atoms with Gasteiger partial charge in [-0.1, -0.05) is 6.92 Å². The zero-order valence-corrected chi connectivity index (χ0v) is 5.07. The largest absolute Gasteiger partial charge is 0.327 e. The van der Waals surface area contributed by atoms with Gasteiger partial charge >= 0.3 is 0 Å². The summed E-state index contributed by atoms with van der Waals surface area (Å²) in [4.78, 5) is 0. The van der Waals surface area contributed by atoms with E-state index >= 15 is 0 Å². The van der Waals surface area contributed by atoms with Crippen molar-refractivity contribution in [2.24, 2.45) is 11.1 Å². The van der Waals surface area contributed by atoms with Gasteiger partial charge in [0.05, 0.1) is 0 Å². The summed E-state index contributed by atoms with van der Waals surface area (Å²) in [5.41, 5.74) is 6.16. The molecule has 0 radical (unpaired) electrons. The van der Waals surface area contributed by atoms with Crippen molar-refractivity contribution < 1.29 is 0 Å². The molecular formula is C6H13N. The summed E-state index contributed by atoms with van der Waals surface area (Å²) in [6.07, 6.45) is 2.68. The van der Waals surface area contributed by atoms with E-state index in [0.29, 0.717) is 11.5 Å². The van der Waals surface area contributed by atoms with Crippen molar-refractivity contribution in [3.63, 3.8) is 0 Å². The molecule has 1 aliphatic carbocycles. The molecule has 2 N–H and O–H groups in total. The molecule has 42 valence electrons. The Morgan fingerprint density at radius 3 is 2.00 bits per heavy atom. The normalized spacial score (nSPS) is 29.6. The van der Waals surface area contributed by atoms with Gasteiger partial charge in [0, 0.05) is 6.04 Å². The van der Waals surface area contributed by atoms with Crippen LogP contribution in [-0.4, -0.2) is 6.04 Å². The van der Waals surface area contributed by atoms with E-state index in [0.717, 1.165) is 0 Å². The lowest BCUT2D eigenvalue weighted by Gasteiger charge is -2.10. The molecule has 1 atom stereocenters. The molecule has 0 saturated heterocycles. The average Bonchev–Trinajstić information content (AvgIpc) is 2.21. The van der Waals surface area contributed by atoms with Crippen molar-refractivity contribution in [2.75, 3.05) is 0 Å². The third-order valence-electron chi connectivity index (χ3n) is 2.14. The van der Waals surface area contributed by atoms with Crippen LogP contribution in [0.1, 0.15) is 26.7 Å². The first kappa shape index (κ1) is 5.10. The van der Waals surface area contributed by atoms with E-state index in [4.69, 9.17) is 5.73 Å². The van der Waals surface area contributed by atoms with Crippen LogP contribution >= 0.6 is 0 Å². The highest BCUT2D eigenvalue weighted by atomic mass is 14.7. The maximum Gasteiger partial charge on any atom is 0.00643 e. The van der Waals surface area contributed by atoms with Gasteiger partial charge in [0.1, 0.15) is 0 Å². The van der Waals surface area contributed by atoms with Crippen molar-refractivity contribution in [1.82, 2.24) is 0 Å². The molecule has 0 amide bonds. The van der Waals surface area contributed by atoms with Crippen molar-refractivity contribution in [2.45, 2.75) is 32.7 Å². The van der Waals surface area contributed by atoms with Crippen LogP contribution in [0.5, 0.6) is 0 Å². The summed E-state index contributed by atoms with van der Waals surface area (Å²) < 4.78 is 0. The van der Waals surface area contributed by atoms with Gasteiger partial charge in [-0.05, 0) is 25.2 Å². The number of nitrogens with two attached hydrogens (primary N) is 1. The van der Waals surface area contributed by atoms with Crippen LogP contribution < -0.4 is 5.73 Å². The molecule has 0 aromatic rings. The van der Waals surface area contributed by atoms with E-state index in [2.05, 4.69) is 13.8 Å². The highest BCUT2D eigenvalue weighted by Crippen LogP contribution is 2.46. The second-order valence-electron chi connectivity index (χ2n) is 2.94. The standard InChI is InChI=1S/C6H13N/c1-5(7)6(2)3-4-6/h5H,3-4,7H2,1-2H3/t5-/m0/s1. The first-order valence-electron chi connectivity index (χ1n) is 2.91. The van der Waals surface area contributed by atoms with Gasteiger partial charge in [-0.15, -0.1) is 0 Å². The number of hydrogen-bond acceptors (Lipinski definition) is 1. The maximum atomic E-state index is 5.63. The zero-order chi connectivity index (χ0) is 5.49. The minimum Gasteiger partial charge on any atom is -0.327 e. The van der Waals surface area contributed by atoms with Crippen LogP contribution in [0.15, 0.2) is 0 Å². The second-order valence-corrected chi connectivity index (χ2v) is 2.94. The van der Waals surface area contributed by atoms with Gasteiger partial charge in [0.2, 0.25) is 0 Å². The Morgan fingerprint density at radius 1 is 1.57 bits per heavy atom. The predicted octanol–water partition coefficient (Wildman–Crippen LogP) is 1.13. The number of hydrogen-bond donors (Lipinski definition) is 1. The highest BCUT2D eigenvalue weighted by molar-refractivity contribution is 4.94. The highest BCUT2D eigenvalue weighted by Gasteiger charge is 2.40. The summed E-state index contributed by atoms with van der Waals surface area (Å²) in [6, 6.07) is 0.410. The fraction of sp³-hybridized carbons (Fsp3) is 1.00. The van der Waals surface area contributed by atoms with Crippen molar-refractivity contribution >= 4 is 0 Å². The van der Waals surface area contributed by atoms with E-state index < -0.39 is 0 Å². The Balaban J connectivity index is 2.39. The van der Waals surface area contributed by atoms with Crippen LogP contribution in [0.4, 0.5) is 0 Å². The van der Waals surface area contributed by atoms with Crippen LogP contribution in [0.25, 0.3) is 0 Å². The van der Waals surface area contributed by atoms with Crippen molar-refractivity contribution in [1.29, 1.82) is 0 Å². The molecule has 1 aliphatic rings. The minimum atomic E-state index is 0.410. The van der Waals surface area contributed by atoms with Gasteiger partial charge < -0.3 is 5.73 Å². The Hall–Kier alpha value is -0.0400. The van der Waals surface area contributed by atoms with Crippen molar-refractivity contribution in [3.8, 4) is 0 Å². The molecule has 1 saturated carbocycles. The predicted molar refractivity (Wildman–Crippen MR) is 31.0 cm³/mol. The van der Waals surface area contributed by atoms with E-state index in [1.165, 1.54) is 12.8 Å². The van der Waals surface area contributed by atoms with Crippen LogP contribution in [0.2, 0.25) is 0 Å². The first-order chi connectivity index (χ1) is 3.15.